The Bertz CT molecular complexity index is 910. The van der Waals surface area contributed by atoms with Crippen molar-refractivity contribution in [3.8, 4) is 0 Å². The Balaban J connectivity index is 1.77. The molecular formula is C19H17BrN4O. The summed E-state index contributed by atoms with van der Waals surface area (Å²) in [5.41, 5.74) is 4.14. The summed E-state index contributed by atoms with van der Waals surface area (Å²) in [4.78, 5) is 20.9. The number of aryl methyl sites for hydroxylation is 2. The van der Waals surface area contributed by atoms with E-state index in [-0.39, 0.29) is 5.91 Å². The molecule has 0 saturated heterocycles. The number of halogens is 1. The second-order valence-corrected chi connectivity index (χ2v) is 6.59. The molecule has 0 saturated carbocycles. The van der Waals surface area contributed by atoms with Crippen LogP contribution in [0.1, 0.15) is 21.6 Å². The van der Waals surface area contributed by atoms with Gasteiger partial charge in [-0.3, -0.25) is 4.79 Å². The summed E-state index contributed by atoms with van der Waals surface area (Å²) in [5, 5.41) is 5.99. The molecule has 0 fully saturated rings. The van der Waals surface area contributed by atoms with Gasteiger partial charge in [-0.05, 0) is 61.4 Å². The van der Waals surface area contributed by atoms with E-state index >= 15 is 0 Å². The molecule has 0 aliphatic rings. The zero-order valence-electron chi connectivity index (χ0n) is 13.9. The van der Waals surface area contributed by atoms with Crippen LogP contribution in [-0.4, -0.2) is 15.9 Å². The number of hydrogen-bond acceptors (Lipinski definition) is 4. The summed E-state index contributed by atoms with van der Waals surface area (Å²) in [7, 11) is 0. The van der Waals surface area contributed by atoms with Gasteiger partial charge >= 0.3 is 0 Å². The highest BCUT2D eigenvalue weighted by atomic mass is 79.9. The lowest BCUT2D eigenvalue weighted by molar-refractivity contribution is 0.102. The molecule has 1 heterocycles. The molecular weight excluding hydrogens is 380 g/mol. The van der Waals surface area contributed by atoms with Gasteiger partial charge in [-0.2, -0.15) is 0 Å². The van der Waals surface area contributed by atoms with E-state index in [1.165, 1.54) is 0 Å². The third kappa shape index (κ3) is 4.42. The molecule has 3 aromatic rings. The lowest BCUT2D eigenvalue weighted by Gasteiger charge is -2.10. The average Bonchev–Trinajstić information content (AvgIpc) is 2.60. The van der Waals surface area contributed by atoms with Crippen molar-refractivity contribution in [2.24, 2.45) is 0 Å². The molecule has 0 aliphatic heterocycles. The fourth-order valence-electron chi connectivity index (χ4n) is 2.26. The van der Waals surface area contributed by atoms with Crippen LogP contribution >= 0.6 is 15.9 Å². The number of nitrogens with zero attached hydrogens (tertiary/aromatic N) is 2. The number of carbonyl (C=O) groups is 1. The Morgan fingerprint density at radius 2 is 1.80 bits per heavy atom. The van der Waals surface area contributed by atoms with Gasteiger partial charge in [0.1, 0.15) is 5.69 Å². The van der Waals surface area contributed by atoms with E-state index in [1.54, 1.807) is 12.3 Å². The maximum atomic E-state index is 12.4. The minimum atomic E-state index is -0.284. The number of benzene rings is 2. The van der Waals surface area contributed by atoms with Gasteiger partial charge in [-0.1, -0.05) is 28.1 Å². The topological polar surface area (TPSA) is 66.9 Å². The van der Waals surface area contributed by atoms with Crippen LogP contribution in [0.15, 0.2) is 59.2 Å². The number of aromatic nitrogens is 2. The molecule has 25 heavy (non-hydrogen) atoms. The first kappa shape index (κ1) is 17.1. The summed E-state index contributed by atoms with van der Waals surface area (Å²) in [6.45, 7) is 4.03. The standard InChI is InChI=1S/C19H17BrN4O/c1-12-3-4-13(2)17(11-12)24-19-21-10-9-16(23-19)18(25)22-15-7-5-14(20)6-8-15/h3-11H,1-2H3,(H,22,25)(H,21,23,24). The third-order valence-corrected chi connectivity index (χ3v) is 4.16. The van der Waals surface area contributed by atoms with Gasteiger partial charge in [-0.15, -0.1) is 0 Å². The minimum absolute atomic E-state index is 0.284. The van der Waals surface area contributed by atoms with Crippen molar-refractivity contribution in [3.05, 3.63) is 76.0 Å². The Hall–Kier alpha value is -2.73. The van der Waals surface area contributed by atoms with Gasteiger partial charge in [-0.25, -0.2) is 9.97 Å². The summed E-state index contributed by atoms with van der Waals surface area (Å²) in [6, 6.07) is 15.0. The molecule has 2 N–H and O–H groups in total. The van der Waals surface area contributed by atoms with Gasteiger partial charge in [0, 0.05) is 22.0 Å². The number of hydrogen-bond donors (Lipinski definition) is 2. The SMILES string of the molecule is Cc1ccc(C)c(Nc2nccc(C(=O)Nc3ccc(Br)cc3)n2)c1. The van der Waals surface area contributed by atoms with E-state index in [1.807, 2.05) is 56.3 Å². The smallest absolute Gasteiger partial charge is 0.274 e. The number of carbonyl (C=O) groups excluding carboxylic acids is 1. The van der Waals surface area contributed by atoms with Crippen molar-refractivity contribution in [2.45, 2.75) is 13.8 Å². The average molecular weight is 397 g/mol. The lowest BCUT2D eigenvalue weighted by Crippen LogP contribution is -2.14. The lowest BCUT2D eigenvalue weighted by atomic mass is 10.1. The Kier molecular flexibility index (Phi) is 5.09. The quantitative estimate of drug-likeness (QED) is 0.661. The van der Waals surface area contributed by atoms with Crippen LogP contribution in [0, 0.1) is 13.8 Å². The van der Waals surface area contributed by atoms with E-state index in [2.05, 4.69) is 36.5 Å². The fraction of sp³-hybridized carbons (Fsp3) is 0.105. The highest BCUT2D eigenvalue weighted by molar-refractivity contribution is 9.10. The molecule has 2 aromatic carbocycles. The molecule has 0 spiro atoms. The highest BCUT2D eigenvalue weighted by Crippen LogP contribution is 2.20. The Labute approximate surface area is 154 Å². The predicted molar refractivity (Wildman–Crippen MR) is 103 cm³/mol. The van der Waals surface area contributed by atoms with Crippen LogP contribution in [-0.2, 0) is 0 Å². The van der Waals surface area contributed by atoms with E-state index < -0.39 is 0 Å². The second kappa shape index (κ2) is 7.44. The molecule has 6 heteroatoms. The molecule has 1 aromatic heterocycles. The molecule has 126 valence electrons. The first-order valence-electron chi connectivity index (χ1n) is 7.75. The van der Waals surface area contributed by atoms with E-state index in [0.29, 0.717) is 17.3 Å². The van der Waals surface area contributed by atoms with E-state index in [9.17, 15) is 4.79 Å². The van der Waals surface area contributed by atoms with E-state index in [4.69, 9.17) is 0 Å². The van der Waals surface area contributed by atoms with Crippen molar-refractivity contribution in [3.63, 3.8) is 0 Å². The van der Waals surface area contributed by atoms with Crippen LogP contribution in [0.3, 0.4) is 0 Å². The van der Waals surface area contributed by atoms with Crippen molar-refractivity contribution >= 4 is 39.2 Å². The van der Waals surface area contributed by atoms with Crippen molar-refractivity contribution in [1.82, 2.24) is 9.97 Å². The van der Waals surface area contributed by atoms with Crippen molar-refractivity contribution < 1.29 is 4.79 Å². The summed E-state index contributed by atoms with van der Waals surface area (Å²) >= 11 is 3.37. The first-order valence-corrected chi connectivity index (χ1v) is 8.55. The van der Waals surface area contributed by atoms with Crippen molar-refractivity contribution in [1.29, 1.82) is 0 Å². The Morgan fingerprint density at radius 1 is 1.04 bits per heavy atom. The fourth-order valence-corrected chi connectivity index (χ4v) is 2.53. The number of nitrogens with one attached hydrogen (secondary N) is 2. The van der Waals surface area contributed by atoms with Crippen LogP contribution in [0.2, 0.25) is 0 Å². The van der Waals surface area contributed by atoms with Gasteiger partial charge in [0.05, 0.1) is 0 Å². The summed E-state index contributed by atoms with van der Waals surface area (Å²) in [6.07, 6.45) is 1.57. The molecule has 0 aliphatic carbocycles. The Morgan fingerprint density at radius 3 is 2.56 bits per heavy atom. The van der Waals surface area contributed by atoms with Gasteiger partial charge < -0.3 is 10.6 Å². The monoisotopic (exact) mass is 396 g/mol. The van der Waals surface area contributed by atoms with Crippen LogP contribution in [0.4, 0.5) is 17.3 Å². The molecule has 3 rings (SSSR count). The molecule has 0 unspecified atom stereocenters. The summed E-state index contributed by atoms with van der Waals surface area (Å²) in [5.74, 6) is 0.103. The molecule has 0 bridgehead atoms. The van der Waals surface area contributed by atoms with Gasteiger partial charge in [0.2, 0.25) is 5.95 Å². The van der Waals surface area contributed by atoms with Gasteiger partial charge in [0.15, 0.2) is 0 Å². The molecule has 0 atom stereocenters. The maximum Gasteiger partial charge on any atom is 0.274 e. The van der Waals surface area contributed by atoms with Crippen LogP contribution in [0.25, 0.3) is 0 Å². The zero-order valence-corrected chi connectivity index (χ0v) is 15.5. The summed E-state index contributed by atoms with van der Waals surface area (Å²) < 4.78 is 0.951. The second-order valence-electron chi connectivity index (χ2n) is 5.67. The number of rotatable bonds is 4. The zero-order chi connectivity index (χ0) is 17.8. The van der Waals surface area contributed by atoms with Crippen LogP contribution < -0.4 is 10.6 Å². The molecule has 5 nitrogen and oxygen atoms in total. The van der Waals surface area contributed by atoms with E-state index in [0.717, 1.165) is 21.3 Å². The first-order chi connectivity index (χ1) is 12.0. The third-order valence-electron chi connectivity index (χ3n) is 3.63. The van der Waals surface area contributed by atoms with Crippen molar-refractivity contribution in [2.75, 3.05) is 10.6 Å². The van der Waals surface area contributed by atoms with Gasteiger partial charge in [0.25, 0.3) is 5.91 Å². The largest absolute Gasteiger partial charge is 0.324 e. The minimum Gasteiger partial charge on any atom is -0.324 e. The normalized spacial score (nSPS) is 10.4. The predicted octanol–water partition coefficient (Wildman–Crippen LogP) is 4.85. The molecule has 1 amide bonds. The number of amides is 1. The van der Waals surface area contributed by atoms with Crippen LogP contribution in [0.5, 0.6) is 0 Å². The number of anilines is 3. The molecule has 0 radical (unpaired) electrons. The maximum absolute atomic E-state index is 12.4. The highest BCUT2D eigenvalue weighted by Gasteiger charge is 2.10.